The highest BCUT2D eigenvalue weighted by Gasteiger charge is 1.97. The molecule has 3 heteroatoms. The molecular formula is C7H10BrNS. The summed E-state index contributed by atoms with van der Waals surface area (Å²) < 4.78 is 1.21. The van der Waals surface area contributed by atoms with Crippen molar-refractivity contribution in [3.05, 3.63) is 20.8 Å². The monoisotopic (exact) mass is 219 g/mol. The topological polar surface area (TPSA) is 3.24 Å². The quantitative estimate of drug-likeness (QED) is 0.740. The molecule has 0 aliphatic rings. The Kier molecular flexibility index (Phi) is 2.89. The van der Waals surface area contributed by atoms with Crippen LogP contribution in [0.1, 0.15) is 4.88 Å². The van der Waals surface area contributed by atoms with Gasteiger partial charge in [0, 0.05) is 11.4 Å². The normalized spacial score (nSPS) is 10.8. The van der Waals surface area contributed by atoms with Crippen LogP contribution in [0, 0.1) is 0 Å². The summed E-state index contributed by atoms with van der Waals surface area (Å²) in [4.78, 5) is 3.56. The molecule has 0 saturated heterocycles. The predicted molar refractivity (Wildman–Crippen MR) is 49.4 cm³/mol. The van der Waals surface area contributed by atoms with Gasteiger partial charge in [-0.25, -0.2) is 0 Å². The zero-order valence-corrected chi connectivity index (χ0v) is 8.50. The first kappa shape index (κ1) is 8.24. The molecular weight excluding hydrogens is 210 g/mol. The minimum Gasteiger partial charge on any atom is -0.304 e. The van der Waals surface area contributed by atoms with E-state index in [0.717, 1.165) is 6.54 Å². The van der Waals surface area contributed by atoms with Crippen LogP contribution in [0.5, 0.6) is 0 Å². The van der Waals surface area contributed by atoms with E-state index in [2.05, 4.69) is 47.1 Å². The van der Waals surface area contributed by atoms with Crippen molar-refractivity contribution in [1.82, 2.24) is 4.90 Å². The van der Waals surface area contributed by atoms with Gasteiger partial charge in [0.15, 0.2) is 0 Å². The van der Waals surface area contributed by atoms with Crippen LogP contribution in [-0.4, -0.2) is 19.0 Å². The summed E-state index contributed by atoms with van der Waals surface area (Å²) in [6, 6.07) is 4.23. The second-order valence-electron chi connectivity index (χ2n) is 2.44. The van der Waals surface area contributed by atoms with Gasteiger partial charge in [0.1, 0.15) is 0 Å². The van der Waals surface area contributed by atoms with E-state index in [9.17, 15) is 0 Å². The lowest BCUT2D eigenvalue weighted by atomic mass is 10.4. The van der Waals surface area contributed by atoms with E-state index in [1.54, 1.807) is 11.3 Å². The fourth-order valence-corrected chi connectivity index (χ4v) is 2.35. The first-order valence-electron chi connectivity index (χ1n) is 3.07. The minimum absolute atomic E-state index is 1.04. The van der Waals surface area contributed by atoms with Gasteiger partial charge in [0.25, 0.3) is 0 Å². The zero-order valence-electron chi connectivity index (χ0n) is 6.10. The van der Waals surface area contributed by atoms with Crippen molar-refractivity contribution < 1.29 is 0 Å². The van der Waals surface area contributed by atoms with Crippen molar-refractivity contribution in [2.24, 2.45) is 0 Å². The number of hydrogen-bond donors (Lipinski definition) is 0. The number of halogens is 1. The Morgan fingerprint density at radius 1 is 1.50 bits per heavy atom. The standard InChI is InChI=1S/C7H10BrNS/c1-9(2)5-6-3-4-7(8)10-6/h3-4H,5H2,1-2H3. The average molecular weight is 220 g/mol. The van der Waals surface area contributed by atoms with Gasteiger partial charge in [0.05, 0.1) is 3.79 Å². The van der Waals surface area contributed by atoms with E-state index in [1.165, 1.54) is 8.66 Å². The highest BCUT2D eigenvalue weighted by Crippen LogP contribution is 2.22. The molecule has 0 amide bonds. The first-order chi connectivity index (χ1) is 4.68. The Hall–Kier alpha value is 0.140. The third kappa shape index (κ3) is 2.40. The maximum Gasteiger partial charge on any atom is 0.0701 e. The van der Waals surface area contributed by atoms with Crippen LogP contribution in [0.4, 0.5) is 0 Å². The molecule has 0 aromatic carbocycles. The summed E-state index contributed by atoms with van der Waals surface area (Å²) in [7, 11) is 4.15. The van der Waals surface area contributed by atoms with E-state index in [0.29, 0.717) is 0 Å². The second kappa shape index (κ2) is 3.51. The van der Waals surface area contributed by atoms with Crippen LogP contribution in [-0.2, 0) is 6.54 Å². The molecule has 0 radical (unpaired) electrons. The smallest absolute Gasteiger partial charge is 0.0701 e. The average Bonchev–Trinajstić information content (AvgIpc) is 2.13. The Morgan fingerprint density at radius 3 is 2.60 bits per heavy atom. The number of hydrogen-bond acceptors (Lipinski definition) is 2. The van der Waals surface area contributed by atoms with Gasteiger partial charge < -0.3 is 4.90 Å². The van der Waals surface area contributed by atoms with Crippen LogP contribution >= 0.6 is 27.3 Å². The lowest BCUT2D eigenvalue weighted by Crippen LogP contribution is -2.09. The molecule has 0 N–H and O–H groups in total. The molecule has 0 saturated carbocycles. The van der Waals surface area contributed by atoms with Crippen molar-refractivity contribution in [2.45, 2.75) is 6.54 Å². The third-order valence-electron chi connectivity index (χ3n) is 1.10. The maximum atomic E-state index is 3.42. The van der Waals surface area contributed by atoms with Crippen molar-refractivity contribution >= 4 is 27.3 Å². The molecule has 10 heavy (non-hydrogen) atoms. The van der Waals surface area contributed by atoms with E-state index in [1.807, 2.05) is 0 Å². The molecule has 56 valence electrons. The van der Waals surface area contributed by atoms with E-state index in [-0.39, 0.29) is 0 Å². The molecule has 0 atom stereocenters. The van der Waals surface area contributed by atoms with E-state index < -0.39 is 0 Å². The molecule has 0 unspecified atom stereocenters. The summed E-state index contributed by atoms with van der Waals surface area (Å²) in [5, 5.41) is 0. The van der Waals surface area contributed by atoms with Gasteiger partial charge in [-0.15, -0.1) is 11.3 Å². The maximum absolute atomic E-state index is 3.42. The Morgan fingerprint density at radius 2 is 2.20 bits per heavy atom. The van der Waals surface area contributed by atoms with Gasteiger partial charge in [-0.05, 0) is 42.2 Å². The fourth-order valence-electron chi connectivity index (χ4n) is 0.748. The lowest BCUT2D eigenvalue weighted by molar-refractivity contribution is 0.406. The lowest BCUT2D eigenvalue weighted by Gasteiger charge is -2.05. The summed E-state index contributed by atoms with van der Waals surface area (Å²) in [5.74, 6) is 0. The Balaban J connectivity index is 2.58. The highest BCUT2D eigenvalue weighted by molar-refractivity contribution is 9.11. The van der Waals surface area contributed by atoms with Crippen LogP contribution in [0.25, 0.3) is 0 Å². The van der Waals surface area contributed by atoms with Crippen molar-refractivity contribution in [2.75, 3.05) is 14.1 Å². The first-order valence-corrected chi connectivity index (χ1v) is 4.68. The molecule has 1 rings (SSSR count). The molecule has 1 heterocycles. The van der Waals surface area contributed by atoms with Crippen LogP contribution in [0.2, 0.25) is 0 Å². The summed E-state index contributed by atoms with van der Waals surface area (Å²) >= 11 is 5.21. The van der Waals surface area contributed by atoms with Gasteiger partial charge in [-0.2, -0.15) is 0 Å². The molecule has 0 aliphatic heterocycles. The Bertz CT molecular complexity index is 207. The number of nitrogens with zero attached hydrogens (tertiary/aromatic N) is 1. The minimum atomic E-state index is 1.04. The van der Waals surface area contributed by atoms with Crippen molar-refractivity contribution in [3.63, 3.8) is 0 Å². The molecule has 0 aliphatic carbocycles. The van der Waals surface area contributed by atoms with Crippen LogP contribution < -0.4 is 0 Å². The zero-order chi connectivity index (χ0) is 7.56. The number of rotatable bonds is 2. The van der Waals surface area contributed by atoms with E-state index >= 15 is 0 Å². The third-order valence-corrected chi connectivity index (χ3v) is 2.71. The Labute approximate surface area is 73.8 Å². The summed E-state index contributed by atoms with van der Waals surface area (Å²) in [6.45, 7) is 1.04. The SMILES string of the molecule is CN(C)Cc1ccc(Br)s1. The summed E-state index contributed by atoms with van der Waals surface area (Å²) in [5.41, 5.74) is 0. The van der Waals surface area contributed by atoms with Gasteiger partial charge >= 0.3 is 0 Å². The number of thiophene rings is 1. The predicted octanol–water partition coefficient (Wildman–Crippen LogP) is 2.57. The van der Waals surface area contributed by atoms with Gasteiger partial charge in [-0.1, -0.05) is 0 Å². The largest absolute Gasteiger partial charge is 0.304 e. The summed E-state index contributed by atoms with van der Waals surface area (Å²) in [6.07, 6.45) is 0. The highest BCUT2D eigenvalue weighted by atomic mass is 79.9. The molecule has 1 aromatic rings. The molecule has 0 bridgehead atoms. The molecule has 0 spiro atoms. The van der Waals surface area contributed by atoms with Crippen molar-refractivity contribution in [1.29, 1.82) is 0 Å². The van der Waals surface area contributed by atoms with Gasteiger partial charge in [0.2, 0.25) is 0 Å². The van der Waals surface area contributed by atoms with Crippen LogP contribution in [0.15, 0.2) is 15.9 Å². The fraction of sp³-hybridized carbons (Fsp3) is 0.429. The molecule has 1 nitrogen and oxygen atoms in total. The van der Waals surface area contributed by atoms with Gasteiger partial charge in [-0.3, -0.25) is 0 Å². The van der Waals surface area contributed by atoms with Crippen LogP contribution in [0.3, 0.4) is 0 Å². The molecule has 1 aromatic heterocycles. The molecule has 0 fully saturated rings. The van der Waals surface area contributed by atoms with Crippen molar-refractivity contribution in [3.8, 4) is 0 Å². The van der Waals surface area contributed by atoms with E-state index in [4.69, 9.17) is 0 Å². The second-order valence-corrected chi connectivity index (χ2v) is 4.99.